The normalized spacial score (nSPS) is 14.9. The zero-order valence-corrected chi connectivity index (χ0v) is 21.1. The Morgan fingerprint density at radius 3 is 2.65 bits per heavy atom. The topological polar surface area (TPSA) is 133 Å². The van der Waals surface area contributed by atoms with Crippen LogP contribution in [0.3, 0.4) is 0 Å². The summed E-state index contributed by atoms with van der Waals surface area (Å²) in [5, 5.41) is 12.4. The Kier molecular flexibility index (Phi) is 7.19. The third-order valence-electron chi connectivity index (χ3n) is 5.93. The minimum Gasteiger partial charge on any atom is -0.470 e. The van der Waals surface area contributed by atoms with E-state index in [4.69, 9.17) is 10.5 Å². The number of hydrogen-bond donors (Lipinski definition) is 3. The summed E-state index contributed by atoms with van der Waals surface area (Å²) in [6.45, 7) is 1.95. The highest BCUT2D eigenvalue weighted by Crippen LogP contribution is 2.33. The monoisotopic (exact) mass is 548 g/mol. The number of alkyl halides is 3. The van der Waals surface area contributed by atoms with Crippen molar-refractivity contribution in [3.05, 3.63) is 96.1 Å². The standard InChI is InChI=1S/C27H23F3N8O2/c1-16-12-21(25(31)33-14-16)17-2-6-20(7-3-17)40-24-9-5-19(15-32-24)35-26(39)36-22-13-18(27(28,29)30)4-8-23(22)38-11-10-34-37-38/h2-6,8-15,20H,7H2,1H3,(H2,31,33)(H2,35,36,39). The van der Waals surface area contributed by atoms with Crippen molar-refractivity contribution in [2.75, 3.05) is 16.4 Å². The van der Waals surface area contributed by atoms with Gasteiger partial charge in [0.05, 0.1) is 41.2 Å². The van der Waals surface area contributed by atoms with Gasteiger partial charge < -0.3 is 21.1 Å². The molecule has 3 aromatic heterocycles. The lowest BCUT2D eigenvalue weighted by Gasteiger charge is -2.18. The smallest absolute Gasteiger partial charge is 0.416 e. The molecule has 1 atom stereocenters. The van der Waals surface area contributed by atoms with Gasteiger partial charge in [-0.05, 0) is 54.5 Å². The first kappa shape index (κ1) is 26.4. The van der Waals surface area contributed by atoms with Crippen molar-refractivity contribution >= 4 is 28.8 Å². The Labute approximate surface area is 226 Å². The number of nitrogens with zero attached hydrogens (tertiary/aromatic N) is 5. The van der Waals surface area contributed by atoms with E-state index in [1.807, 2.05) is 31.2 Å². The van der Waals surface area contributed by atoms with Gasteiger partial charge in [0.25, 0.3) is 0 Å². The number of nitrogens with two attached hydrogens (primary N) is 1. The maximum absolute atomic E-state index is 13.3. The van der Waals surface area contributed by atoms with E-state index < -0.39 is 17.8 Å². The number of halogens is 3. The van der Waals surface area contributed by atoms with Crippen LogP contribution >= 0.6 is 0 Å². The van der Waals surface area contributed by atoms with E-state index in [9.17, 15) is 18.0 Å². The van der Waals surface area contributed by atoms with Crippen LogP contribution in [0.2, 0.25) is 0 Å². The molecule has 204 valence electrons. The quantitative estimate of drug-likeness (QED) is 0.294. The number of amides is 2. The molecule has 40 heavy (non-hydrogen) atoms. The lowest BCUT2D eigenvalue weighted by atomic mass is 9.98. The number of ether oxygens (including phenoxy) is 1. The molecule has 2 amide bonds. The van der Waals surface area contributed by atoms with Crippen LogP contribution in [0.4, 0.5) is 35.2 Å². The number of anilines is 3. The van der Waals surface area contributed by atoms with Crippen molar-refractivity contribution in [2.45, 2.75) is 25.6 Å². The molecule has 4 aromatic rings. The molecular formula is C27H23F3N8O2. The molecule has 1 aliphatic carbocycles. The van der Waals surface area contributed by atoms with E-state index in [-0.39, 0.29) is 17.5 Å². The van der Waals surface area contributed by atoms with Crippen molar-refractivity contribution in [3.8, 4) is 11.6 Å². The average molecular weight is 549 g/mol. The number of rotatable bonds is 6. The number of pyridine rings is 2. The van der Waals surface area contributed by atoms with Gasteiger partial charge in [0.15, 0.2) is 0 Å². The second kappa shape index (κ2) is 10.9. The minimum absolute atomic E-state index is 0.106. The van der Waals surface area contributed by atoms with Gasteiger partial charge in [0.2, 0.25) is 5.88 Å². The fraction of sp³-hybridized carbons (Fsp3) is 0.148. The first-order valence-electron chi connectivity index (χ1n) is 12.1. The van der Waals surface area contributed by atoms with Gasteiger partial charge in [-0.15, -0.1) is 5.10 Å². The molecule has 0 saturated carbocycles. The zero-order chi connectivity index (χ0) is 28.3. The van der Waals surface area contributed by atoms with Crippen LogP contribution in [0.25, 0.3) is 11.3 Å². The van der Waals surface area contributed by atoms with Crippen molar-refractivity contribution < 1.29 is 22.7 Å². The first-order valence-corrected chi connectivity index (χ1v) is 12.1. The summed E-state index contributed by atoms with van der Waals surface area (Å²) < 4.78 is 46.9. The molecule has 0 fully saturated rings. The largest absolute Gasteiger partial charge is 0.470 e. The molecule has 1 unspecified atom stereocenters. The lowest BCUT2D eigenvalue weighted by Crippen LogP contribution is -2.21. The second-order valence-corrected chi connectivity index (χ2v) is 8.90. The molecule has 0 radical (unpaired) electrons. The lowest BCUT2D eigenvalue weighted by molar-refractivity contribution is -0.137. The van der Waals surface area contributed by atoms with E-state index in [1.165, 1.54) is 29.3 Å². The Morgan fingerprint density at radius 2 is 1.98 bits per heavy atom. The summed E-state index contributed by atoms with van der Waals surface area (Å²) in [6, 6.07) is 7.28. The molecule has 0 saturated heterocycles. The summed E-state index contributed by atoms with van der Waals surface area (Å²) in [7, 11) is 0. The average Bonchev–Trinajstić information content (AvgIpc) is 3.46. The fourth-order valence-electron chi connectivity index (χ4n) is 4.01. The summed E-state index contributed by atoms with van der Waals surface area (Å²) in [5.41, 5.74) is 8.33. The number of aromatic nitrogens is 5. The Balaban J connectivity index is 1.21. The van der Waals surface area contributed by atoms with Crippen molar-refractivity contribution in [3.63, 3.8) is 0 Å². The Morgan fingerprint density at radius 1 is 1.12 bits per heavy atom. The molecule has 3 heterocycles. The molecule has 13 heteroatoms. The zero-order valence-electron chi connectivity index (χ0n) is 21.1. The number of urea groups is 1. The predicted octanol–water partition coefficient (Wildman–Crippen LogP) is 5.40. The molecule has 4 N–H and O–H groups in total. The molecular weight excluding hydrogens is 525 g/mol. The molecule has 5 rings (SSSR count). The van der Waals surface area contributed by atoms with E-state index in [0.29, 0.717) is 23.8 Å². The van der Waals surface area contributed by atoms with Gasteiger partial charge in [0.1, 0.15) is 11.9 Å². The number of benzene rings is 1. The summed E-state index contributed by atoms with van der Waals surface area (Å²) in [5.74, 6) is 0.790. The van der Waals surface area contributed by atoms with E-state index in [2.05, 4.69) is 30.9 Å². The predicted molar refractivity (Wildman–Crippen MR) is 143 cm³/mol. The number of carbonyl (C=O) groups is 1. The molecule has 0 aliphatic heterocycles. The molecule has 1 aromatic carbocycles. The van der Waals surface area contributed by atoms with Crippen LogP contribution in [0, 0.1) is 6.92 Å². The highest BCUT2D eigenvalue weighted by molar-refractivity contribution is 6.01. The highest BCUT2D eigenvalue weighted by Gasteiger charge is 2.31. The molecule has 0 bridgehead atoms. The van der Waals surface area contributed by atoms with Crippen LogP contribution in [0.5, 0.6) is 5.88 Å². The summed E-state index contributed by atoms with van der Waals surface area (Å²) >= 11 is 0. The summed E-state index contributed by atoms with van der Waals surface area (Å²) in [4.78, 5) is 21.0. The van der Waals surface area contributed by atoms with Crippen molar-refractivity contribution in [2.24, 2.45) is 0 Å². The molecule has 10 nitrogen and oxygen atoms in total. The third kappa shape index (κ3) is 6.09. The molecule has 1 aliphatic rings. The Bertz CT molecular complexity index is 1580. The number of carbonyl (C=O) groups excluding carboxylic acids is 1. The van der Waals surface area contributed by atoms with Gasteiger partial charge in [-0.25, -0.2) is 19.4 Å². The van der Waals surface area contributed by atoms with Gasteiger partial charge in [-0.2, -0.15) is 13.2 Å². The van der Waals surface area contributed by atoms with Gasteiger partial charge in [-0.3, -0.25) is 0 Å². The van der Waals surface area contributed by atoms with E-state index in [0.717, 1.165) is 28.8 Å². The number of allylic oxidation sites excluding steroid dienone is 2. The van der Waals surface area contributed by atoms with Crippen LogP contribution in [-0.4, -0.2) is 37.1 Å². The van der Waals surface area contributed by atoms with Crippen LogP contribution in [0.1, 0.15) is 23.1 Å². The van der Waals surface area contributed by atoms with Gasteiger partial charge in [0, 0.05) is 24.2 Å². The Hall–Kier alpha value is -5.20. The molecule has 0 spiro atoms. The van der Waals surface area contributed by atoms with E-state index in [1.54, 1.807) is 18.3 Å². The van der Waals surface area contributed by atoms with E-state index >= 15 is 0 Å². The van der Waals surface area contributed by atoms with Gasteiger partial charge in [-0.1, -0.05) is 17.4 Å². The van der Waals surface area contributed by atoms with Gasteiger partial charge >= 0.3 is 12.2 Å². The third-order valence-corrected chi connectivity index (χ3v) is 5.93. The number of aryl methyl sites for hydroxylation is 1. The van der Waals surface area contributed by atoms with Crippen LogP contribution in [-0.2, 0) is 6.18 Å². The summed E-state index contributed by atoms with van der Waals surface area (Å²) in [6.07, 6.45) is 7.49. The van der Waals surface area contributed by atoms with Crippen molar-refractivity contribution in [1.82, 2.24) is 25.0 Å². The second-order valence-electron chi connectivity index (χ2n) is 8.90. The SMILES string of the molecule is Cc1cnc(N)c(C2=CCC(Oc3ccc(NC(=O)Nc4cc(C(F)(F)F)ccc4-n4ccnn4)cn3)C=C2)c1. The number of nitrogens with one attached hydrogen (secondary N) is 2. The number of nitrogen functional groups attached to an aromatic ring is 1. The number of hydrogen-bond acceptors (Lipinski definition) is 7. The minimum atomic E-state index is -4.59. The van der Waals surface area contributed by atoms with Crippen molar-refractivity contribution in [1.29, 1.82) is 0 Å². The van der Waals surface area contributed by atoms with Crippen LogP contribution in [0.15, 0.2) is 79.4 Å². The van der Waals surface area contributed by atoms with Crippen LogP contribution < -0.4 is 21.1 Å². The first-order chi connectivity index (χ1) is 19.2. The highest BCUT2D eigenvalue weighted by atomic mass is 19.4. The maximum atomic E-state index is 13.3. The maximum Gasteiger partial charge on any atom is 0.416 e. The fourth-order valence-corrected chi connectivity index (χ4v) is 4.01.